The zero-order valence-electron chi connectivity index (χ0n) is 9.26. The van der Waals surface area contributed by atoms with E-state index in [1.165, 1.54) is 11.1 Å². The molecule has 0 unspecified atom stereocenters. The molecule has 0 aliphatic carbocycles. The molecule has 0 aliphatic rings. The lowest BCUT2D eigenvalue weighted by Gasteiger charge is -2.06. The smallest absolute Gasteiger partial charge is 0.153 e. The van der Waals surface area contributed by atoms with Crippen LogP contribution >= 0.6 is 0 Å². The number of aryl methyl sites for hydroxylation is 3. The van der Waals surface area contributed by atoms with E-state index in [9.17, 15) is 0 Å². The largest absolute Gasteiger partial charge is 0.382 e. The number of nitrogens with two attached hydrogens (primary N) is 1. The van der Waals surface area contributed by atoms with Crippen LogP contribution < -0.4 is 5.73 Å². The van der Waals surface area contributed by atoms with Gasteiger partial charge in [0.05, 0.1) is 0 Å². The second kappa shape index (κ2) is 3.42. The second-order valence-electron chi connectivity index (χ2n) is 3.93. The highest BCUT2D eigenvalue weighted by Crippen LogP contribution is 2.30. The summed E-state index contributed by atoms with van der Waals surface area (Å²) in [5.41, 5.74) is 11.5. The van der Waals surface area contributed by atoms with Gasteiger partial charge in [-0.05, 0) is 31.9 Å². The van der Waals surface area contributed by atoms with Crippen LogP contribution in [0.1, 0.15) is 16.8 Å². The van der Waals surface area contributed by atoms with Gasteiger partial charge in [0.2, 0.25) is 0 Å². The van der Waals surface area contributed by atoms with E-state index in [2.05, 4.69) is 42.2 Å². The number of aromatic nitrogens is 2. The Morgan fingerprint density at radius 1 is 1.20 bits per heavy atom. The van der Waals surface area contributed by atoms with E-state index in [0.29, 0.717) is 5.82 Å². The van der Waals surface area contributed by atoms with E-state index in [-0.39, 0.29) is 0 Å². The third kappa shape index (κ3) is 1.61. The summed E-state index contributed by atoms with van der Waals surface area (Å²) >= 11 is 0. The first-order chi connectivity index (χ1) is 7.09. The molecule has 0 fully saturated rings. The third-order valence-corrected chi connectivity index (χ3v) is 2.63. The first-order valence-electron chi connectivity index (χ1n) is 4.97. The molecule has 0 radical (unpaired) electrons. The fourth-order valence-corrected chi connectivity index (χ4v) is 1.88. The minimum atomic E-state index is 0.569. The molecule has 1 heterocycles. The number of H-pyrrole nitrogens is 1. The SMILES string of the molecule is Cc1ccc(-c2c(N)n[nH]c2C)c(C)c1. The zero-order valence-corrected chi connectivity index (χ0v) is 9.26. The van der Waals surface area contributed by atoms with Crippen LogP contribution in [-0.2, 0) is 0 Å². The summed E-state index contributed by atoms with van der Waals surface area (Å²) < 4.78 is 0. The summed E-state index contributed by atoms with van der Waals surface area (Å²) in [6.07, 6.45) is 0. The molecule has 0 amide bonds. The molecule has 0 spiro atoms. The van der Waals surface area contributed by atoms with Crippen molar-refractivity contribution >= 4 is 5.82 Å². The Balaban J connectivity index is 2.64. The molecule has 2 rings (SSSR count). The van der Waals surface area contributed by atoms with Gasteiger partial charge < -0.3 is 5.73 Å². The fraction of sp³-hybridized carbons (Fsp3) is 0.250. The maximum Gasteiger partial charge on any atom is 0.153 e. The number of hydrogen-bond donors (Lipinski definition) is 2. The molecule has 78 valence electrons. The Morgan fingerprint density at radius 2 is 1.93 bits per heavy atom. The Bertz CT molecular complexity index is 478. The average molecular weight is 201 g/mol. The first kappa shape index (κ1) is 9.77. The molecule has 1 aromatic carbocycles. The van der Waals surface area contributed by atoms with Gasteiger partial charge in [0.1, 0.15) is 0 Å². The Kier molecular flexibility index (Phi) is 2.23. The van der Waals surface area contributed by atoms with Crippen molar-refractivity contribution in [1.82, 2.24) is 10.2 Å². The highest BCUT2D eigenvalue weighted by molar-refractivity contribution is 5.78. The van der Waals surface area contributed by atoms with Crippen molar-refractivity contribution in [2.45, 2.75) is 20.8 Å². The fourth-order valence-electron chi connectivity index (χ4n) is 1.88. The van der Waals surface area contributed by atoms with Crippen molar-refractivity contribution in [1.29, 1.82) is 0 Å². The van der Waals surface area contributed by atoms with Crippen molar-refractivity contribution in [2.75, 3.05) is 5.73 Å². The Morgan fingerprint density at radius 3 is 2.47 bits per heavy atom. The first-order valence-corrected chi connectivity index (χ1v) is 4.97. The summed E-state index contributed by atoms with van der Waals surface area (Å²) in [6.45, 7) is 6.16. The number of rotatable bonds is 1. The van der Waals surface area contributed by atoms with Gasteiger partial charge in [-0.15, -0.1) is 0 Å². The average Bonchev–Trinajstić information content (AvgIpc) is 2.48. The van der Waals surface area contributed by atoms with Crippen molar-refractivity contribution in [2.24, 2.45) is 0 Å². The molecule has 15 heavy (non-hydrogen) atoms. The van der Waals surface area contributed by atoms with Gasteiger partial charge in [0.15, 0.2) is 5.82 Å². The normalized spacial score (nSPS) is 10.6. The minimum Gasteiger partial charge on any atom is -0.382 e. The van der Waals surface area contributed by atoms with Gasteiger partial charge in [0.25, 0.3) is 0 Å². The van der Waals surface area contributed by atoms with Crippen LogP contribution in [0.2, 0.25) is 0 Å². The van der Waals surface area contributed by atoms with E-state index in [0.717, 1.165) is 16.8 Å². The molecule has 0 atom stereocenters. The van der Waals surface area contributed by atoms with Gasteiger partial charge in [-0.25, -0.2) is 0 Å². The van der Waals surface area contributed by atoms with Crippen LogP contribution in [-0.4, -0.2) is 10.2 Å². The molecule has 3 N–H and O–H groups in total. The quantitative estimate of drug-likeness (QED) is 0.745. The van der Waals surface area contributed by atoms with Crippen LogP contribution in [0.4, 0.5) is 5.82 Å². The lowest BCUT2D eigenvalue weighted by atomic mass is 9.99. The van der Waals surface area contributed by atoms with E-state index >= 15 is 0 Å². The third-order valence-electron chi connectivity index (χ3n) is 2.63. The summed E-state index contributed by atoms with van der Waals surface area (Å²) in [5.74, 6) is 0.569. The second-order valence-corrected chi connectivity index (χ2v) is 3.93. The molecule has 3 nitrogen and oxygen atoms in total. The van der Waals surface area contributed by atoms with E-state index < -0.39 is 0 Å². The van der Waals surface area contributed by atoms with Crippen LogP contribution in [0.25, 0.3) is 11.1 Å². The maximum absolute atomic E-state index is 5.84. The van der Waals surface area contributed by atoms with E-state index in [1.807, 2.05) is 6.92 Å². The standard InChI is InChI=1S/C12H15N3/c1-7-4-5-10(8(2)6-7)11-9(3)14-15-12(11)13/h4-6H,1-3H3,(H3,13,14,15). The van der Waals surface area contributed by atoms with Crippen LogP contribution in [0.5, 0.6) is 0 Å². The molecule has 3 heteroatoms. The predicted molar refractivity (Wildman–Crippen MR) is 62.6 cm³/mol. The molecular weight excluding hydrogens is 186 g/mol. The van der Waals surface area contributed by atoms with E-state index in [4.69, 9.17) is 5.73 Å². The zero-order chi connectivity index (χ0) is 11.0. The number of hydrogen-bond acceptors (Lipinski definition) is 2. The van der Waals surface area contributed by atoms with Crippen molar-refractivity contribution in [3.05, 3.63) is 35.0 Å². The molecule has 0 saturated heterocycles. The summed E-state index contributed by atoms with van der Waals surface area (Å²) in [7, 11) is 0. The number of nitrogen functional groups attached to an aromatic ring is 1. The van der Waals surface area contributed by atoms with Gasteiger partial charge in [0, 0.05) is 11.3 Å². The van der Waals surface area contributed by atoms with Crippen molar-refractivity contribution in [3.63, 3.8) is 0 Å². The summed E-state index contributed by atoms with van der Waals surface area (Å²) in [4.78, 5) is 0. The summed E-state index contributed by atoms with van der Waals surface area (Å²) in [5, 5.41) is 6.91. The molecule has 0 aliphatic heterocycles. The molecule has 2 aromatic rings. The lowest BCUT2D eigenvalue weighted by molar-refractivity contribution is 1.05. The molecule has 1 aromatic heterocycles. The monoisotopic (exact) mass is 201 g/mol. The Hall–Kier alpha value is -1.77. The van der Waals surface area contributed by atoms with Gasteiger partial charge in [-0.1, -0.05) is 23.8 Å². The van der Waals surface area contributed by atoms with Crippen molar-refractivity contribution < 1.29 is 0 Å². The highest BCUT2D eigenvalue weighted by Gasteiger charge is 2.11. The lowest BCUT2D eigenvalue weighted by Crippen LogP contribution is -1.91. The van der Waals surface area contributed by atoms with Crippen molar-refractivity contribution in [3.8, 4) is 11.1 Å². The highest BCUT2D eigenvalue weighted by atomic mass is 15.2. The van der Waals surface area contributed by atoms with E-state index in [1.54, 1.807) is 0 Å². The Labute approximate surface area is 89.3 Å². The van der Waals surface area contributed by atoms with Gasteiger partial charge in [-0.2, -0.15) is 5.10 Å². The minimum absolute atomic E-state index is 0.569. The van der Waals surface area contributed by atoms with Gasteiger partial charge >= 0.3 is 0 Å². The number of benzene rings is 1. The number of nitrogens with zero attached hydrogens (tertiary/aromatic N) is 1. The van der Waals surface area contributed by atoms with Crippen LogP contribution in [0.15, 0.2) is 18.2 Å². The van der Waals surface area contributed by atoms with Crippen LogP contribution in [0, 0.1) is 20.8 Å². The number of aromatic amines is 1. The molecule has 0 bridgehead atoms. The topological polar surface area (TPSA) is 54.7 Å². The molecule has 0 saturated carbocycles. The summed E-state index contributed by atoms with van der Waals surface area (Å²) in [6, 6.07) is 6.34. The van der Waals surface area contributed by atoms with Gasteiger partial charge in [-0.3, -0.25) is 5.10 Å². The molecular formula is C12H15N3. The number of anilines is 1. The maximum atomic E-state index is 5.84. The predicted octanol–water partition coefficient (Wildman–Crippen LogP) is 2.58. The number of nitrogens with one attached hydrogen (secondary N) is 1. The van der Waals surface area contributed by atoms with Crippen LogP contribution in [0.3, 0.4) is 0 Å².